The Labute approximate surface area is 154 Å². The summed E-state index contributed by atoms with van der Waals surface area (Å²) in [6.45, 7) is 5.66. The van der Waals surface area contributed by atoms with E-state index >= 15 is 0 Å². The van der Waals surface area contributed by atoms with E-state index in [-0.39, 0.29) is 17.4 Å². The van der Waals surface area contributed by atoms with Crippen molar-refractivity contribution in [3.63, 3.8) is 0 Å². The Bertz CT molecular complexity index is 699. The summed E-state index contributed by atoms with van der Waals surface area (Å²) in [5.74, 6) is 1.57. The minimum Gasteiger partial charge on any atom is -0.361 e. The van der Waals surface area contributed by atoms with Crippen LogP contribution in [0, 0.1) is 12.8 Å². The summed E-state index contributed by atoms with van der Waals surface area (Å²) in [6.07, 6.45) is 4.82. The van der Waals surface area contributed by atoms with Crippen LogP contribution in [-0.2, 0) is 4.79 Å². The Morgan fingerprint density at radius 3 is 2.81 bits per heavy atom. The average molecular weight is 360 g/mol. The van der Waals surface area contributed by atoms with Gasteiger partial charge in [-0.05, 0) is 45.6 Å². The number of aromatic nitrogens is 1. The van der Waals surface area contributed by atoms with E-state index in [9.17, 15) is 9.59 Å². The van der Waals surface area contributed by atoms with Crippen molar-refractivity contribution in [2.24, 2.45) is 5.92 Å². The molecule has 0 aromatic carbocycles. The Morgan fingerprint density at radius 1 is 1.31 bits per heavy atom. The first-order valence-electron chi connectivity index (χ1n) is 9.68. The van der Waals surface area contributed by atoms with Crippen LogP contribution in [0.25, 0.3) is 0 Å². The lowest BCUT2D eigenvalue weighted by atomic mass is 9.86. The summed E-state index contributed by atoms with van der Waals surface area (Å²) in [5.41, 5.74) is 0.253. The van der Waals surface area contributed by atoms with Gasteiger partial charge in [-0.2, -0.15) is 0 Å². The van der Waals surface area contributed by atoms with Crippen molar-refractivity contribution in [1.29, 1.82) is 0 Å². The number of rotatable bonds is 3. The van der Waals surface area contributed by atoms with E-state index in [2.05, 4.69) is 22.0 Å². The molecule has 1 aromatic rings. The van der Waals surface area contributed by atoms with Crippen LogP contribution in [0.3, 0.4) is 0 Å². The summed E-state index contributed by atoms with van der Waals surface area (Å²) in [4.78, 5) is 31.7. The Hall–Kier alpha value is -1.89. The highest BCUT2D eigenvalue weighted by atomic mass is 16.5. The third-order valence-electron chi connectivity index (χ3n) is 6.31. The number of nitrogens with zero attached hydrogens (tertiary/aromatic N) is 4. The molecule has 2 aliphatic heterocycles. The van der Waals surface area contributed by atoms with E-state index in [4.69, 9.17) is 4.52 Å². The minimum absolute atomic E-state index is 0.0697. The lowest BCUT2D eigenvalue weighted by molar-refractivity contribution is -0.130. The van der Waals surface area contributed by atoms with E-state index in [0.29, 0.717) is 36.9 Å². The Kier molecular flexibility index (Phi) is 4.50. The average Bonchev–Trinajstić information content (AvgIpc) is 3.37. The van der Waals surface area contributed by atoms with Crippen LogP contribution in [-0.4, -0.2) is 77.0 Å². The number of piperazine rings is 1. The topological polar surface area (TPSA) is 69.9 Å². The van der Waals surface area contributed by atoms with Gasteiger partial charge in [0.2, 0.25) is 5.91 Å². The van der Waals surface area contributed by atoms with E-state index in [1.54, 1.807) is 13.0 Å². The molecule has 0 bridgehead atoms. The van der Waals surface area contributed by atoms with Crippen LogP contribution in [0.4, 0.5) is 0 Å². The van der Waals surface area contributed by atoms with Crippen LogP contribution in [0.5, 0.6) is 0 Å². The fourth-order valence-electron chi connectivity index (χ4n) is 4.30. The van der Waals surface area contributed by atoms with Gasteiger partial charge in [-0.1, -0.05) is 5.16 Å². The molecule has 2 saturated heterocycles. The zero-order valence-electron chi connectivity index (χ0n) is 15.7. The second-order valence-electron chi connectivity index (χ2n) is 8.23. The molecule has 26 heavy (non-hydrogen) atoms. The molecule has 3 fully saturated rings. The molecule has 0 N–H and O–H groups in total. The van der Waals surface area contributed by atoms with Gasteiger partial charge >= 0.3 is 0 Å². The van der Waals surface area contributed by atoms with Gasteiger partial charge in [-0.3, -0.25) is 14.5 Å². The van der Waals surface area contributed by atoms with E-state index in [0.717, 1.165) is 32.5 Å². The number of hydrogen-bond donors (Lipinski definition) is 0. The first kappa shape index (κ1) is 17.5. The fraction of sp³-hybridized carbons (Fsp3) is 0.737. The predicted octanol–water partition coefficient (Wildman–Crippen LogP) is 1.53. The molecule has 7 heteroatoms. The molecular formula is C19H28N4O3. The van der Waals surface area contributed by atoms with Crippen molar-refractivity contribution in [2.75, 3.05) is 39.8 Å². The number of carbonyl (C=O) groups excluding carboxylic acids is 2. The second-order valence-corrected chi connectivity index (χ2v) is 8.23. The number of likely N-dealkylation sites (tertiary alicyclic amines) is 1. The number of hydrogen-bond acceptors (Lipinski definition) is 5. The molecule has 3 heterocycles. The minimum atomic E-state index is -0.124. The molecule has 1 saturated carbocycles. The zero-order valence-corrected chi connectivity index (χ0v) is 15.7. The molecule has 1 aliphatic carbocycles. The molecule has 1 aromatic heterocycles. The lowest BCUT2D eigenvalue weighted by Gasteiger charge is -2.49. The summed E-state index contributed by atoms with van der Waals surface area (Å²) in [6, 6.07) is 1.70. The van der Waals surface area contributed by atoms with Crippen LogP contribution in [0.1, 0.15) is 48.4 Å². The highest BCUT2D eigenvalue weighted by Crippen LogP contribution is 2.35. The third-order valence-corrected chi connectivity index (χ3v) is 6.31. The summed E-state index contributed by atoms with van der Waals surface area (Å²) >= 11 is 0. The zero-order chi connectivity index (χ0) is 18.3. The number of likely N-dealkylation sites (N-methyl/N-ethyl adjacent to an activating group) is 1. The number of carbonyl (C=O) groups is 2. The van der Waals surface area contributed by atoms with Gasteiger partial charge in [0.15, 0.2) is 5.69 Å². The van der Waals surface area contributed by atoms with Gasteiger partial charge in [-0.15, -0.1) is 0 Å². The summed E-state index contributed by atoms with van der Waals surface area (Å²) in [5, 5.41) is 3.88. The van der Waals surface area contributed by atoms with E-state index in [1.165, 1.54) is 12.8 Å². The Balaban J connectivity index is 1.48. The smallest absolute Gasteiger partial charge is 0.276 e. The summed E-state index contributed by atoms with van der Waals surface area (Å²) in [7, 11) is 2.13. The largest absolute Gasteiger partial charge is 0.361 e. The van der Waals surface area contributed by atoms with Gasteiger partial charge in [-0.25, -0.2) is 0 Å². The SMILES string of the molecule is Cc1cc(C(=O)N2CCN(C)[C@]3(CCC(=O)N(CC4CC4)CC3)C2)no1. The fourth-order valence-corrected chi connectivity index (χ4v) is 4.30. The van der Waals surface area contributed by atoms with Gasteiger partial charge in [0, 0.05) is 50.7 Å². The standard InChI is InChI=1S/C19H28N4O3/c1-14-11-16(20-26-14)18(25)23-10-9-21(2)19(13-23)6-5-17(24)22(8-7-19)12-15-3-4-15/h11,15H,3-10,12-13H2,1-2H3/t19-/m0/s1. The highest BCUT2D eigenvalue weighted by molar-refractivity contribution is 5.92. The van der Waals surface area contributed by atoms with Gasteiger partial charge in [0.1, 0.15) is 5.76 Å². The molecule has 3 aliphatic rings. The highest BCUT2D eigenvalue weighted by Gasteiger charge is 2.44. The van der Waals surface area contributed by atoms with Crippen molar-refractivity contribution in [3.05, 3.63) is 17.5 Å². The number of amides is 2. The van der Waals surface area contributed by atoms with E-state index in [1.807, 2.05) is 4.90 Å². The molecule has 0 unspecified atom stereocenters. The first-order valence-corrected chi connectivity index (χ1v) is 9.68. The molecule has 142 valence electrons. The van der Waals surface area contributed by atoms with Crippen LogP contribution < -0.4 is 0 Å². The molecule has 0 radical (unpaired) electrons. The maximum absolute atomic E-state index is 12.8. The normalized spacial score (nSPS) is 27.8. The quantitative estimate of drug-likeness (QED) is 0.818. The van der Waals surface area contributed by atoms with Gasteiger partial charge in [0.05, 0.1) is 0 Å². The third kappa shape index (κ3) is 3.37. The first-order chi connectivity index (χ1) is 12.5. The molecule has 2 amide bonds. The monoisotopic (exact) mass is 360 g/mol. The Morgan fingerprint density at radius 2 is 2.12 bits per heavy atom. The van der Waals surface area contributed by atoms with Crippen LogP contribution >= 0.6 is 0 Å². The number of aryl methyl sites for hydroxylation is 1. The molecule has 1 atom stereocenters. The van der Waals surface area contributed by atoms with Crippen LogP contribution in [0.15, 0.2) is 10.6 Å². The maximum atomic E-state index is 12.8. The van der Waals surface area contributed by atoms with Gasteiger partial charge < -0.3 is 14.3 Å². The van der Waals surface area contributed by atoms with Crippen molar-refractivity contribution in [2.45, 2.75) is 44.6 Å². The molecule has 1 spiro atoms. The van der Waals surface area contributed by atoms with Gasteiger partial charge in [0.25, 0.3) is 5.91 Å². The predicted molar refractivity (Wildman–Crippen MR) is 95.7 cm³/mol. The molecule has 7 nitrogen and oxygen atoms in total. The van der Waals surface area contributed by atoms with Crippen molar-refractivity contribution in [1.82, 2.24) is 19.9 Å². The van der Waals surface area contributed by atoms with Crippen molar-refractivity contribution < 1.29 is 14.1 Å². The molecule has 4 rings (SSSR count). The van der Waals surface area contributed by atoms with E-state index < -0.39 is 0 Å². The molecular weight excluding hydrogens is 332 g/mol. The van der Waals surface area contributed by atoms with Crippen molar-refractivity contribution in [3.8, 4) is 0 Å². The maximum Gasteiger partial charge on any atom is 0.276 e. The van der Waals surface area contributed by atoms with Crippen LogP contribution in [0.2, 0.25) is 0 Å². The van der Waals surface area contributed by atoms with Crippen molar-refractivity contribution >= 4 is 11.8 Å². The lowest BCUT2D eigenvalue weighted by Crippen LogP contribution is -2.62. The second kappa shape index (κ2) is 6.68. The summed E-state index contributed by atoms with van der Waals surface area (Å²) < 4.78 is 5.07.